The van der Waals surface area contributed by atoms with Gasteiger partial charge in [0.1, 0.15) is 0 Å². The normalized spacial score (nSPS) is 11.2. The van der Waals surface area contributed by atoms with Crippen LogP contribution < -0.4 is 11.1 Å². The summed E-state index contributed by atoms with van der Waals surface area (Å²) in [5.74, 6) is -1.16. The molecule has 0 saturated carbocycles. The van der Waals surface area contributed by atoms with Gasteiger partial charge in [-0.05, 0) is 30.3 Å². The lowest BCUT2D eigenvalue weighted by Crippen LogP contribution is -2.15. The van der Waals surface area contributed by atoms with E-state index in [9.17, 15) is 22.8 Å². The van der Waals surface area contributed by atoms with Crippen molar-refractivity contribution in [3.8, 4) is 0 Å². The van der Waals surface area contributed by atoms with Crippen molar-refractivity contribution in [3.63, 3.8) is 0 Å². The minimum absolute atomic E-state index is 0.0619. The Morgan fingerprint density at radius 1 is 1.24 bits per heavy atom. The van der Waals surface area contributed by atoms with Crippen LogP contribution in [0.4, 0.5) is 18.9 Å². The number of carbonyl (C=O) groups is 2. The van der Waals surface area contributed by atoms with Crippen molar-refractivity contribution in [1.82, 2.24) is 4.98 Å². The van der Waals surface area contributed by atoms with E-state index in [0.29, 0.717) is 11.9 Å². The first-order chi connectivity index (χ1) is 11.7. The number of hydrogen-bond donors (Lipinski definition) is 2. The fraction of sp³-hybridized carbons (Fsp3) is 0.133. The maximum atomic E-state index is 12.4. The van der Waals surface area contributed by atoms with Crippen LogP contribution in [0.2, 0.25) is 5.02 Å². The van der Waals surface area contributed by atoms with E-state index in [0.717, 1.165) is 17.8 Å². The zero-order chi connectivity index (χ0) is 18.6. The van der Waals surface area contributed by atoms with Gasteiger partial charge in [-0.3, -0.25) is 9.59 Å². The van der Waals surface area contributed by atoms with Crippen molar-refractivity contribution < 1.29 is 22.8 Å². The van der Waals surface area contributed by atoms with Crippen LogP contribution >= 0.6 is 23.4 Å². The molecule has 0 fully saturated rings. The molecule has 2 amide bonds. The molecule has 2 rings (SSSR count). The van der Waals surface area contributed by atoms with Gasteiger partial charge >= 0.3 is 6.18 Å². The topological polar surface area (TPSA) is 85.1 Å². The average molecular weight is 390 g/mol. The van der Waals surface area contributed by atoms with Gasteiger partial charge in [-0.2, -0.15) is 13.2 Å². The number of aromatic nitrogens is 1. The molecule has 2 aromatic rings. The molecule has 10 heteroatoms. The second-order valence-corrected chi connectivity index (χ2v) is 6.18. The van der Waals surface area contributed by atoms with E-state index >= 15 is 0 Å². The summed E-state index contributed by atoms with van der Waals surface area (Å²) in [6, 6.07) is 6.31. The van der Waals surface area contributed by atoms with Crippen molar-refractivity contribution in [2.75, 3.05) is 11.1 Å². The molecule has 0 aliphatic rings. The number of rotatable bonds is 5. The SMILES string of the molecule is NC(=O)c1ccc(NC(=O)CSc2ccc(C(F)(F)F)cn2)cc1Cl. The van der Waals surface area contributed by atoms with Crippen LogP contribution in [0, 0.1) is 0 Å². The molecule has 0 bridgehead atoms. The predicted octanol–water partition coefficient (Wildman–Crippen LogP) is 3.58. The molecule has 3 N–H and O–H groups in total. The Labute approximate surface area is 149 Å². The highest BCUT2D eigenvalue weighted by Crippen LogP contribution is 2.29. The van der Waals surface area contributed by atoms with E-state index in [1.54, 1.807) is 0 Å². The Bertz CT molecular complexity index is 798. The highest BCUT2D eigenvalue weighted by Gasteiger charge is 2.30. The lowest BCUT2D eigenvalue weighted by molar-refractivity contribution is -0.137. The van der Waals surface area contributed by atoms with Gasteiger partial charge < -0.3 is 11.1 Å². The molecule has 1 aromatic heterocycles. The molecule has 1 heterocycles. The number of hydrogen-bond acceptors (Lipinski definition) is 4. The van der Waals surface area contributed by atoms with E-state index in [1.165, 1.54) is 24.3 Å². The van der Waals surface area contributed by atoms with Crippen LogP contribution in [0.5, 0.6) is 0 Å². The Balaban J connectivity index is 1.92. The van der Waals surface area contributed by atoms with Crippen molar-refractivity contribution in [3.05, 3.63) is 52.7 Å². The van der Waals surface area contributed by atoms with Gasteiger partial charge in [0, 0.05) is 11.9 Å². The third kappa shape index (κ3) is 5.36. The number of nitrogens with one attached hydrogen (secondary N) is 1. The number of thioether (sulfide) groups is 1. The van der Waals surface area contributed by atoms with Gasteiger partial charge in [0.2, 0.25) is 11.8 Å². The van der Waals surface area contributed by atoms with Crippen LogP contribution in [0.1, 0.15) is 15.9 Å². The first-order valence-electron chi connectivity index (χ1n) is 6.72. The summed E-state index contributed by atoms with van der Waals surface area (Å²) in [6.45, 7) is 0. The minimum atomic E-state index is -4.45. The van der Waals surface area contributed by atoms with E-state index in [4.69, 9.17) is 17.3 Å². The number of alkyl halides is 3. The molecule has 132 valence electrons. The van der Waals surface area contributed by atoms with Crippen molar-refractivity contribution in [1.29, 1.82) is 0 Å². The molecule has 0 atom stereocenters. The monoisotopic (exact) mass is 389 g/mol. The maximum absolute atomic E-state index is 12.4. The summed E-state index contributed by atoms with van der Waals surface area (Å²) in [5.41, 5.74) is 4.76. The molecular formula is C15H11ClF3N3O2S. The van der Waals surface area contributed by atoms with E-state index in [2.05, 4.69) is 10.3 Å². The molecule has 5 nitrogen and oxygen atoms in total. The van der Waals surface area contributed by atoms with Crippen LogP contribution in [-0.4, -0.2) is 22.6 Å². The number of benzene rings is 1. The molecule has 0 aliphatic heterocycles. The third-order valence-corrected chi connectivity index (χ3v) is 4.19. The Morgan fingerprint density at radius 2 is 1.96 bits per heavy atom. The maximum Gasteiger partial charge on any atom is 0.417 e. The van der Waals surface area contributed by atoms with E-state index < -0.39 is 23.6 Å². The lowest BCUT2D eigenvalue weighted by Gasteiger charge is -2.08. The smallest absolute Gasteiger partial charge is 0.366 e. The number of anilines is 1. The number of primary amides is 1. The number of halogens is 4. The van der Waals surface area contributed by atoms with E-state index in [-0.39, 0.29) is 21.4 Å². The quantitative estimate of drug-likeness (QED) is 0.765. The zero-order valence-corrected chi connectivity index (χ0v) is 14.0. The lowest BCUT2D eigenvalue weighted by atomic mass is 10.2. The average Bonchev–Trinajstić information content (AvgIpc) is 2.52. The summed E-state index contributed by atoms with van der Waals surface area (Å²) in [7, 11) is 0. The summed E-state index contributed by atoms with van der Waals surface area (Å²) in [5, 5.41) is 2.93. The second kappa shape index (κ2) is 7.75. The Morgan fingerprint density at radius 3 is 2.48 bits per heavy atom. The largest absolute Gasteiger partial charge is 0.417 e. The van der Waals surface area contributed by atoms with Gasteiger partial charge in [0.05, 0.1) is 26.9 Å². The molecular weight excluding hydrogens is 379 g/mol. The predicted molar refractivity (Wildman–Crippen MR) is 88.6 cm³/mol. The van der Waals surface area contributed by atoms with Crippen LogP contribution in [0.15, 0.2) is 41.6 Å². The second-order valence-electron chi connectivity index (χ2n) is 4.78. The van der Waals surface area contributed by atoms with Gasteiger partial charge in [-0.15, -0.1) is 0 Å². The van der Waals surface area contributed by atoms with Crippen molar-refractivity contribution >= 4 is 40.9 Å². The number of carbonyl (C=O) groups excluding carboxylic acids is 2. The van der Waals surface area contributed by atoms with Crippen LogP contribution in [0.3, 0.4) is 0 Å². The Hall–Kier alpha value is -2.26. The molecule has 0 aliphatic carbocycles. The standard InChI is InChI=1S/C15H11ClF3N3O2S/c16-11-5-9(2-3-10(11)14(20)24)22-12(23)7-25-13-4-1-8(6-21-13)15(17,18)19/h1-6H,7H2,(H2,20,24)(H,22,23). The highest BCUT2D eigenvalue weighted by molar-refractivity contribution is 7.99. The molecule has 0 unspecified atom stereocenters. The first kappa shape index (κ1) is 19.1. The van der Waals surface area contributed by atoms with Crippen LogP contribution in [-0.2, 0) is 11.0 Å². The fourth-order valence-corrected chi connectivity index (χ4v) is 2.68. The molecule has 0 radical (unpaired) electrons. The third-order valence-electron chi connectivity index (χ3n) is 2.93. The minimum Gasteiger partial charge on any atom is -0.366 e. The number of nitrogens with zero attached hydrogens (tertiary/aromatic N) is 1. The summed E-state index contributed by atoms with van der Waals surface area (Å²) in [4.78, 5) is 26.6. The zero-order valence-electron chi connectivity index (χ0n) is 12.4. The number of amides is 2. The van der Waals surface area contributed by atoms with Gasteiger partial charge in [-0.25, -0.2) is 4.98 Å². The summed E-state index contributed by atoms with van der Waals surface area (Å²) < 4.78 is 37.3. The molecule has 0 spiro atoms. The highest BCUT2D eigenvalue weighted by atomic mass is 35.5. The summed E-state index contributed by atoms with van der Waals surface area (Å²) in [6.07, 6.45) is -3.74. The molecule has 0 saturated heterocycles. The van der Waals surface area contributed by atoms with E-state index in [1.807, 2.05) is 0 Å². The Kier molecular flexibility index (Phi) is 5.91. The number of nitrogens with two attached hydrogens (primary N) is 1. The van der Waals surface area contributed by atoms with Gasteiger partial charge in [-0.1, -0.05) is 23.4 Å². The van der Waals surface area contributed by atoms with Crippen molar-refractivity contribution in [2.45, 2.75) is 11.2 Å². The van der Waals surface area contributed by atoms with Gasteiger partial charge in [0.15, 0.2) is 0 Å². The first-order valence-corrected chi connectivity index (χ1v) is 8.08. The molecule has 25 heavy (non-hydrogen) atoms. The number of pyridine rings is 1. The fourth-order valence-electron chi connectivity index (χ4n) is 1.76. The van der Waals surface area contributed by atoms with Gasteiger partial charge in [0.25, 0.3) is 0 Å². The van der Waals surface area contributed by atoms with Crippen molar-refractivity contribution in [2.24, 2.45) is 5.73 Å². The van der Waals surface area contributed by atoms with Crippen LogP contribution in [0.25, 0.3) is 0 Å². The summed E-state index contributed by atoms with van der Waals surface area (Å²) >= 11 is 6.85. The molecule has 1 aromatic carbocycles.